The van der Waals surface area contributed by atoms with E-state index in [-0.39, 0.29) is 5.82 Å². The maximum atomic E-state index is 13.5. The SMILES string of the molecule is CCCCNc1c(/C=C/CCOCC)cnc(N)c1Cc1ccc(Nc2cccc(F)c2)cc1. The molecule has 0 radical (unpaired) electrons. The fraction of sp³-hybridized carbons (Fsp3) is 0.321. The van der Waals surface area contributed by atoms with E-state index >= 15 is 0 Å². The largest absolute Gasteiger partial charge is 0.384 e. The van der Waals surface area contributed by atoms with Crippen molar-refractivity contribution in [1.82, 2.24) is 4.98 Å². The standard InChI is InChI=1S/C28H35FN4O/c1-3-5-16-31-27-22(9-6-7-17-34-4-2)20-32-28(30)26(27)18-21-12-14-24(15-13-21)33-25-11-8-10-23(29)19-25/h6,8-15,19-20,33H,3-5,7,16-18H2,1-2H3,(H3,30,31,32)/b9-6+. The van der Waals surface area contributed by atoms with Gasteiger partial charge in [0.05, 0.1) is 5.69 Å². The number of pyridine rings is 1. The number of hydrogen-bond acceptors (Lipinski definition) is 5. The topological polar surface area (TPSA) is 72.2 Å². The average Bonchev–Trinajstić information content (AvgIpc) is 2.83. The van der Waals surface area contributed by atoms with Gasteiger partial charge in [-0.1, -0.05) is 43.7 Å². The maximum absolute atomic E-state index is 13.5. The molecule has 0 spiro atoms. The molecule has 0 atom stereocenters. The normalized spacial score (nSPS) is 11.1. The van der Waals surface area contributed by atoms with Gasteiger partial charge in [-0.05, 0) is 55.7 Å². The summed E-state index contributed by atoms with van der Waals surface area (Å²) in [7, 11) is 0. The van der Waals surface area contributed by atoms with Crippen molar-refractivity contribution in [2.24, 2.45) is 0 Å². The van der Waals surface area contributed by atoms with Crippen LogP contribution in [-0.4, -0.2) is 24.7 Å². The first kappa shape index (κ1) is 25.2. The predicted octanol–water partition coefficient (Wildman–Crippen LogP) is 6.79. The van der Waals surface area contributed by atoms with Crippen molar-refractivity contribution in [3.8, 4) is 0 Å². The fourth-order valence-corrected chi connectivity index (χ4v) is 3.64. The Morgan fingerprint density at radius 1 is 1.09 bits per heavy atom. The van der Waals surface area contributed by atoms with Gasteiger partial charge in [-0.2, -0.15) is 0 Å². The molecule has 0 amide bonds. The highest BCUT2D eigenvalue weighted by Gasteiger charge is 2.13. The van der Waals surface area contributed by atoms with E-state index in [1.54, 1.807) is 6.07 Å². The van der Waals surface area contributed by atoms with Crippen molar-refractivity contribution in [1.29, 1.82) is 0 Å². The van der Waals surface area contributed by atoms with Gasteiger partial charge in [0.25, 0.3) is 0 Å². The Hall–Kier alpha value is -3.38. The molecule has 0 aliphatic heterocycles. The van der Waals surface area contributed by atoms with E-state index in [9.17, 15) is 4.39 Å². The minimum absolute atomic E-state index is 0.264. The van der Waals surface area contributed by atoms with Crippen molar-refractivity contribution in [2.75, 3.05) is 36.1 Å². The molecule has 0 aliphatic rings. The average molecular weight is 463 g/mol. The Labute approximate surface area is 202 Å². The molecule has 0 saturated carbocycles. The van der Waals surface area contributed by atoms with Gasteiger partial charge >= 0.3 is 0 Å². The Balaban J connectivity index is 1.79. The van der Waals surface area contributed by atoms with Gasteiger partial charge in [-0.15, -0.1) is 0 Å². The maximum Gasteiger partial charge on any atom is 0.128 e. The Bertz CT molecular complexity index is 1070. The van der Waals surface area contributed by atoms with Crippen molar-refractivity contribution in [2.45, 2.75) is 39.5 Å². The van der Waals surface area contributed by atoms with Crippen molar-refractivity contribution < 1.29 is 9.13 Å². The molecule has 3 aromatic rings. The van der Waals surface area contributed by atoms with Crippen LogP contribution >= 0.6 is 0 Å². The molecule has 1 aromatic heterocycles. The second kappa shape index (κ2) is 13.4. The minimum atomic E-state index is -0.264. The van der Waals surface area contributed by atoms with Gasteiger partial charge in [0, 0.05) is 54.9 Å². The van der Waals surface area contributed by atoms with Crippen LogP contribution in [0.5, 0.6) is 0 Å². The fourth-order valence-electron chi connectivity index (χ4n) is 3.64. The Morgan fingerprint density at radius 3 is 2.65 bits per heavy atom. The number of rotatable bonds is 13. The van der Waals surface area contributed by atoms with Crippen LogP contribution in [0.3, 0.4) is 0 Å². The van der Waals surface area contributed by atoms with E-state index in [1.165, 1.54) is 12.1 Å². The summed E-state index contributed by atoms with van der Waals surface area (Å²) in [5.41, 5.74) is 12.1. The number of benzene rings is 2. The summed E-state index contributed by atoms with van der Waals surface area (Å²) in [6.07, 6.45) is 9.74. The molecule has 3 rings (SSSR count). The van der Waals surface area contributed by atoms with E-state index in [2.05, 4.69) is 46.8 Å². The van der Waals surface area contributed by atoms with Gasteiger partial charge in [-0.25, -0.2) is 9.37 Å². The first-order chi connectivity index (χ1) is 16.6. The zero-order valence-corrected chi connectivity index (χ0v) is 20.1. The van der Waals surface area contributed by atoms with Crippen LogP contribution in [0.25, 0.3) is 6.08 Å². The summed E-state index contributed by atoms with van der Waals surface area (Å²) in [4.78, 5) is 4.47. The molecule has 0 aliphatic carbocycles. The molecule has 2 aromatic carbocycles. The van der Waals surface area contributed by atoms with E-state index in [0.717, 1.165) is 60.5 Å². The van der Waals surface area contributed by atoms with Crippen molar-refractivity contribution in [3.05, 3.63) is 83.3 Å². The summed E-state index contributed by atoms with van der Waals surface area (Å²) in [5.74, 6) is 0.270. The molecule has 0 saturated heterocycles. The summed E-state index contributed by atoms with van der Waals surface area (Å²) in [6.45, 7) is 6.49. The lowest BCUT2D eigenvalue weighted by Crippen LogP contribution is -2.10. The van der Waals surface area contributed by atoms with Gasteiger partial charge in [-0.3, -0.25) is 0 Å². The lowest BCUT2D eigenvalue weighted by molar-refractivity contribution is 0.152. The highest BCUT2D eigenvalue weighted by Crippen LogP contribution is 2.29. The van der Waals surface area contributed by atoms with Crippen LogP contribution < -0.4 is 16.4 Å². The number of unbranched alkanes of at least 4 members (excludes halogenated alkanes) is 1. The molecule has 6 heteroatoms. The first-order valence-electron chi connectivity index (χ1n) is 12.0. The summed E-state index contributed by atoms with van der Waals surface area (Å²) in [6, 6.07) is 14.5. The van der Waals surface area contributed by atoms with Gasteiger partial charge in [0.15, 0.2) is 0 Å². The summed E-state index contributed by atoms with van der Waals surface area (Å²) < 4.78 is 18.9. The quantitative estimate of drug-likeness (QED) is 0.244. The number of ether oxygens (including phenoxy) is 1. The molecule has 4 N–H and O–H groups in total. The molecular weight excluding hydrogens is 427 g/mol. The number of nitrogens with zero attached hydrogens (tertiary/aromatic N) is 1. The molecule has 0 fully saturated rings. The number of nitrogen functional groups attached to an aromatic ring is 1. The number of anilines is 4. The molecule has 180 valence electrons. The number of nitrogens with two attached hydrogens (primary N) is 1. The predicted molar refractivity (Wildman–Crippen MR) is 141 cm³/mol. The molecule has 0 bridgehead atoms. The van der Waals surface area contributed by atoms with Crippen LogP contribution in [0.1, 0.15) is 49.8 Å². The zero-order valence-electron chi connectivity index (χ0n) is 20.1. The lowest BCUT2D eigenvalue weighted by Gasteiger charge is -2.17. The summed E-state index contributed by atoms with van der Waals surface area (Å²) >= 11 is 0. The highest BCUT2D eigenvalue weighted by atomic mass is 19.1. The number of aromatic nitrogens is 1. The molecule has 34 heavy (non-hydrogen) atoms. The third-order valence-corrected chi connectivity index (χ3v) is 5.45. The van der Waals surface area contributed by atoms with E-state index in [4.69, 9.17) is 10.5 Å². The van der Waals surface area contributed by atoms with Crippen LogP contribution in [0, 0.1) is 5.82 Å². The van der Waals surface area contributed by atoms with E-state index < -0.39 is 0 Å². The first-order valence-corrected chi connectivity index (χ1v) is 12.0. The smallest absolute Gasteiger partial charge is 0.128 e. The summed E-state index contributed by atoms with van der Waals surface area (Å²) in [5, 5.41) is 6.83. The van der Waals surface area contributed by atoms with Crippen LogP contribution in [0.4, 0.5) is 27.3 Å². The van der Waals surface area contributed by atoms with E-state index in [1.807, 2.05) is 31.3 Å². The lowest BCUT2D eigenvalue weighted by atomic mass is 10.0. The molecule has 5 nitrogen and oxygen atoms in total. The van der Waals surface area contributed by atoms with Crippen molar-refractivity contribution in [3.63, 3.8) is 0 Å². The number of halogens is 1. The minimum Gasteiger partial charge on any atom is -0.384 e. The third-order valence-electron chi connectivity index (χ3n) is 5.45. The Kier molecular flexibility index (Phi) is 9.92. The van der Waals surface area contributed by atoms with Crippen LogP contribution in [0.15, 0.2) is 60.8 Å². The number of hydrogen-bond donors (Lipinski definition) is 3. The van der Waals surface area contributed by atoms with Crippen LogP contribution in [0.2, 0.25) is 0 Å². The zero-order chi connectivity index (χ0) is 24.2. The Morgan fingerprint density at radius 2 is 1.91 bits per heavy atom. The van der Waals surface area contributed by atoms with Crippen molar-refractivity contribution >= 4 is 29.0 Å². The monoisotopic (exact) mass is 462 g/mol. The van der Waals surface area contributed by atoms with E-state index in [0.29, 0.717) is 24.5 Å². The molecule has 0 unspecified atom stereocenters. The number of nitrogens with one attached hydrogen (secondary N) is 2. The second-order valence-corrected chi connectivity index (χ2v) is 8.13. The molecule has 1 heterocycles. The van der Waals surface area contributed by atoms with Gasteiger partial charge < -0.3 is 21.1 Å². The van der Waals surface area contributed by atoms with Gasteiger partial charge in [0.1, 0.15) is 11.6 Å². The molecular formula is C28H35FN4O. The highest BCUT2D eigenvalue weighted by molar-refractivity contribution is 5.74. The second-order valence-electron chi connectivity index (χ2n) is 8.13. The van der Waals surface area contributed by atoms with Crippen LogP contribution in [-0.2, 0) is 11.2 Å². The van der Waals surface area contributed by atoms with Gasteiger partial charge in [0.2, 0.25) is 0 Å². The third kappa shape index (κ3) is 7.59.